The Labute approximate surface area is 155 Å². The number of likely N-dealkylation sites (N-methyl/N-ethyl adjacent to an activating group) is 1. The van der Waals surface area contributed by atoms with Crippen LogP contribution < -0.4 is 14.8 Å². The zero-order valence-corrected chi connectivity index (χ0v) is 14.9. The number of methoxy groups -OCH3 is 1. The molecule has 0 saturated heterocycles. The average Bonchev–Trinajstić information content (AvgIpc) is 2.67. The Kier molecular flexibility index (Phi) is 6.72. The van der Waals surface area contributed by atoms with E-state index in [0.29, 0.717) is 22.7 Å². The minimum absolute atomic E-state index is 0.190. The molecule has 0 heterocycles. The number of carbonyl (C=O) groups excluding carboxylic acids is 2. The number of amides is 2. The van der Waals surface area contributed by atoms with Crippen LogP contribution in [0.25, 0.3) is 0 Å². The summed E-state index contributed by atoms with van der Waals surface area (Å²) < 4.78 is 23.4. The summed E-state index contributed by atoms with van der Waals surface area (Å²) in [4.78, 5) is 25.3. The average molecular weight is 371 g/mol. The van der Waals surface area contributed by atoms with Gasteiger partial charge in [0.15, 0.2) is 18.1 Å². The largest absolute Gasteiger partial charge is 0.493 e. The SMILES string of the molecule is COc1cc(C#N)ccc1OCC(=O)N(C)CC(=O)Nc1ccc(F)cc1. The molecule has 27 heavy (non-hydrogen) atoms. The van der Waals surface area contributed by atoms with Gasteiger partial charge in [-0.3, -0.25) is 9.59 Å². The highest BCUT2D eigenvalue weighted by Gasteiger charge is 2.15. The third kappa shape index (κ3) is 5.71. The molecule has 0 aromatic heterocycles. The summed E-state index contributed by atoms with van der Waals surface area (Å²) in [5.74, 6) is -0.604. The second kappa shape index (κ2) is 9.20. The molecular weight excluding hydrogens is 353 g/mol. The fraction of sp³-hybridized carbons (Fsp3) is 0.211. The molecule has 0 atom stereocenters. The maximum Gasteiger partial charge on any atom is 0.260 e. The summed E-state index contributed by atoms with van der Waals surface area (Å²) in [6, 6.07) is 11.9. The minimum Gasteiger partial charge on any atom is -0.493 e. The van der Waals surface area contributed by atoms with E-state index < -0.39 is 17.6 Å². The second-order valence-corrected chi connectivity index (χ2v) is 5.57. The normalized spacial score (nSPS) is 9.85. The molecule has 7 nitrogen and oxygen atoms in total. The molecule has 0 spiro atoms. The number of nitrogens with one attached hydrogen (secondary N) is 1. The van der Waals surface area contributed by atoms with Gasteiger partial charge in [0.2, 0.25) is 5.91 Å². The summed E-state index contributed by atoms with van der Waals surface area (Å²) in [7, 11) is 2.89. The number of anilines is 1. The van der Waals surface area contributed by atoms with Gasteiger partial charge in [-0.25, -0.2) is 4.39 Å². The molecule has 2 rings (SSSR count). The monoisotopic (exact) mass is 371 g/mol. The molecule has 0 aliphatic rings. The first-order chi connectivity index (χ1) is 12.9. The molecule has 0 bridgehead atoms. The van der Waals surface area contributed by atoms with Crippen molar-refractivity contribution in [2.75, 3.05) is 32.6 Å². The van der Waals surface area contributed by atoms with E-state index in [9.17, 15) is 14.0 Å². The van der Waals surface area contributed by atoms with E-state index in [4.69, 9.17) is 14.7 Å². The number of rotatable bonds is 7. The predicted molar refractivity (Wildman–Crippen MR) is 95.9 cm³/mol. The van der Waals surface area contributed by atoms with Crippen molar-refractivity contribution in [3.63, 3.8) is 0 Å². The Morgan fingerprint density at radius 2 is 1.89 bits per heavy atom. The van der Waals surface area contributed by atoms with Crippen LogP contribution in [0, 0.1) is 17.1 Å². The maximum absolute atomic E-state index is 12.9. The van der Waals surface area contributed by atoms with Crippen molar-refractivity contribution in [2.45, 2.75) is 0 Å². The van der Waals surface area contributed by atoms with Crippen LogP contribution in [0.1, 0.15) is 5.56 Å². The third-order valence-electron chi connectivity index (χ3n) is 3.58. The van der Waals surface area contributed by atoms with Crippen LogP contribution in [0.2, 0.25) is 0 Å². The highest BCUT2D eigenvalue weighted by atomic mass is 19.1. The van der Waals surface area contributed by atoms with Crippen LogP contribution in [0.3, 0.4) is 0 Å². The molecule has 0 saturated carbocycles. The van der Waals surface area contributed by atoms with E-state index in [-0.39, 0.29) is 13.2 Å². The lowest BCUT2D eigenvalue weighted by molar-refractivity contribution is -0.135. The van der Waals surface area contributed by atoms with Crippen molar-refractivity contribution in [1.29, 1.82) is 5.26 Å². The van der Waals surface area contributed by atoms with Gasteiger partial charge in [-0.05, 0) is 36.4 Å². The van der Waals surface area contributed by atoms with E-state index in [1.54, 1.807) is 6.07 Å². The maximum atomic E-state index is 12.9. The second-order valence-electron chi connectivity index (χ2n) is 5.57. The highest BCUT2D eigenvalue weighted by molar-refractivity contribution is 5.94. The van der Waals surface area contributed by atoms with Crippen LogP contribution in [-0.2, 0) is 9.59 Å². The first-order valence-electron chi connectivity index (χ1n) is 7.93. The molecule has 0 fully saturated rings. The van der Waals surface area contributed by atoms with E-state index in [1.165, 1.54) is 55.5 Å². The topological polar surface area (TPSA) is 91.7 Å². The molecule has 2 amide bonds. The molecule has 0 unspecified atom stereocenters. The fourth-order valence-electron chi connectivity index (χ4n) is 2.14. The molecule has 140 valence electrons. The summed E-state index contributed by atoms with van der Waals surface area (Å²) in [5, 5.41) is 11.4. The minimum atomic E-state index is -0.423. The van der Waals surface area contributed by atoms with Gasteiger partial charge in [-0.15, -0.1) is 0 Å². The van der Waals surface area contributed by atoms with E-state index in [1.807, 2.05) is 6.07 Å². The zero-order valence-electron chi connectivity index (χ0n) is 14.9. The van der Waals surface area contributed by atoms with Crippen molar-refractivity contribution in [2.24, 2.45) is 0 Å². The van der Waals surface area contributed by atoms with E-state index in [0.717, 1.165) is 0 Å². The number of carbonyl (C=O) groups is 2. The molecule has 0 aliphatic heterocycles. The number of ether oxygens (including phenoxy) is 2. The van der Waals surface area contributed by atoms with Crippen molar-refractivity contribution in [1.82, 2.24) is 4.90 Å². The molecule has 2 aromatic rings. The van der Waals surface area contributed by atoms with Crippen molar-refractivity contribution in [3.8, 4) is 17.6 Å². The van der Waals surface area contributed by atoms with Crippen LogP contribution >= 0.6 is 0 Å². The Balaban J connectivity index is 1.87. The summed E-state index contributed by atoms with van der Waals surface area (Å²) in [6.07, 6.45) is 0. The van der Waals surface area contributed by atoms with Gasteiger partial charge in [-0.2, -0.15) is 5.26 Å². The lowest BCUT2D eigenvalue weighted by Gasteiger charge is -2.18. The Hall–Kier alpha value is -3.60. The van der Waals surface area contributed by atoms with Crippen LogP contribution in [-0.4, -0.2) is 44.0 Å². The first kappa shape index (κ1) is 19.7. The zero-order chi connectivity index (χ0) is 19.8. The van der Waals surface area contributed by atoms with Gasteiger partial charge < -0.3 is 19.7 Å². The molecule has 0 aliphatic carbocycles. The highest BCUT2D eigenvalue weighted by Crippen LogP contribution is 2.27. The van der Waals surface area contributed by atoms with E-state index >= 15 is 0 Å². The van der Waals surface area contributed by atoms with Gasteiger partial charge in [0.1, 0.15) is 5.82 Å². The van der Waals surface area contributed by atoms with Gasteiger partial charge in [0.25, 0.3) is 5.91 Å². The number of hydrogen-bond acceptors (Lipinski definition) is 5. The van der Waals surface area contributed by atoms with Crippen molar-refractivity contribution in [3.05, 3.63) is 53.8 Å². The summed E-state index contributed by atoms with van der Waals surface area (Å²) >= 11 is 0. The quantitative estimate of drug-likeness (QED) is 0.805. The lowest BCUT2D eigenvalue weighted by atomic mass is 10.2. The third-order valence-corrected chi connectivity index (χ3v) is 3.58. The fourth-order valence-corrected chi connectivity index (χ4v) is 2.14. The van der Waals surface area contributed by atoms with Gasteiger partial charge in [0, 0.05) is 18.8 Å². The number of halogens is 1. The van der Waals surface area contributed by atoms with Crippen LogP contribution in [0.5, 0.6) is 11.5 Å². The standard InChI is InChI=1S/C19H18FN3O4/c1-23(11-18(24)22-15-6-4-14(20)5-7-15)19(25)12-27-16-8-3-13(10-21)9-17(16)26-2/h3-9H,11-12H2,1-2H3,(H,22,24). The lowest BCUT2D eigenvalue weighted by Crippen LogP contribution is -2.37. The predicted octanol–water partition coefficient (Wildman–Crippen LogP) is 2.18. The molecule has 0 radical (unpaired) electrons. The van der Waals surface area contributed by atoms with Gasteiger partial charge in [0.05, 0.1) is 25.3 Å². The van der Waals surface area contributed by atoms with Gasteiger partial charge in [-0.1, -0.05) is 0 Å². The summed E-state index contributed by atoms with van der Waals surface area (Å²) in [6.45, 7) is -0.493. The van der Waals surface area contributed by atoms with Gasteiger partial charge >= 0.3 is 0 Å². The Morgan fingerprint density at radius 3 is 2.52 bits per heavy atom. The molecule has 1 N–H and O–H groups in total. The Bertz CT molecular complexity index is 862. The van der Waals surface area contributed by atoms with E-state index in [2.05, 4.69) is 5.32 Å². The number of benzene rings is 2. The first-order valence-corrected chi connectivity index (χ1v) is 7.93. The molecule has 8 heteroatoms. The van der Waals surface area contributed by atoms with Crippen molar-refractivity contribution < 1.29 is 23.5 Å². The van der Waals surface area contributed by atoms with Crippen LogP contribution in [0.4, 0.5) is 10.1 Å². The van der Waals surface area contributed by atoms with Crippen molar-refractivity contribution >= 4 is 17.5 Å². The molecule has 2 aromatic carbocycles. The molecular formula is C19H18FN3O4. The van der Waals surface area contributed by atoms with Crippen LogP contribution in [0.15, 0.2) is 42.5 Å². The Morgan fingerprint density at radius 1 is 1.19 bits per heavy atom. The smallest absolute Gasteiger partial charge is 0.260 e. The summed E-state index contributed by atoms with van der Waals surface area (Å²) in [5.41, 5.74) is 0.834. The number of nitriles is 1. The number of hydrogen-bond donors (Lipinski definition) is 1. The number of nitrogens with zero attached hydrogens (tertiary/aromatic N) is 2.